The van der Waals surface area contributed by atoms with Crippen molar-refractivity contribution >= 4 is 5.97 Å². The molecule has 0 rings (SSSR count). The van der Waals surface area contributed by atoms with Gasteiger partial charge in [0.05, 0.1) is 26.2 Å². The summed E-state index contributed by atoms with van der Waals surface area (Å²) in [6.07, 6.45) is 2.02. The van der Waals surface area contributed by atoms with Crippen molar-refractivity contribution in [2.24, 2.45) is 11.3 Å². The normalized spacial score (nSPS) is 13.2. The Labute approximate surface area is 225 Å². The molecule has 4 N–H and O–H groups in total. The van der Waals surface area contributed by atoms with E-state index in [9.17, 15) is 9.90 Å². The van der Waals surface area contributed by atoms with E-state index in [0.717, 1.165) is 12.8 Å². The van der Waals surface area contributed by atoms with Gasteiger partial charge < -0.3 is 19.8 Å². The van der Waals surface area contributed by atoms with E-state index >= 15 is 0 Å². The van der Waals surface area contributed by atoms with Gasteiger partial charge in [-0.1, -0.05) is 34.1 Å². The van der Waals surface area contributed by atoms with Crippen LogP contribution in [0.4, 0.5) is 0 Å². The molecule has 0 spiro atoms. The van der Waals surface area contributed by atoms with Crippen LogP contribution in [0.15, 0.2) is 0 Å². The molecule has 0 aliphatic carbocycles. The summed E-state index contributed by atoms with van der Waals surface area (Å²) < 4.78 is 5.05. The van der Waals surface area contributed by atoms with E-state index in [-0.39, 0.29) is 122 Å². The first-order chi connectivity index (χ1) is 12.9. The summed E-state index contributed by atoms with van der Waals surface area (Å²) in [5.41, 5.74) is 2.42. The molecule has 0 saturated carbocycles. The van der Waals surface area contributed by atoms with Crippen LogP contribution in [0.25, 0.3) is 0 Å². The zero-order valence-electron chi connectivity index (χ0n) is 18.3. The van der Waals surface area contributed by atoms with Crippen LogP contribution in [0, 0.1) is 11.3 Å². The second-order valence-electron chi connectivity index (χ2n) is 7.34. The summed E-state index contributed by atoms with van der Waals surface area (Å²) in [7, 11) is 0. The number of hydroxylamine groups is 1. The molecule has 0 aliphatic rings. The van der Waals surface area contributed by atoms with Gasteiger partial charge in [-0.05, 0) is 11.8 Å². The van der Waals surface area contributed by atoms with Crippen molar-refractivity contribution in [3.63, 3.8) is 0 Å². The molecule has 29 heavy (non-hydrogen) atoms. The molecule has 168 valence electrons. The molecule has 0 bridgehead atoms. The van der Waals surface area contributed by atoms with Gasteiger partial charge in [0.1, 0.15) is 13.3 Å². The minimum Gasteiger partial charge on any atom is -0.396 e. The van der Waals surface area contributed by atoms with Crippen molar-refractivity contribution in [2.75, 3.05) is 46.3 Å². The van der Waals surface area contributed by atoms with Crippen LogP contribution in [-0.2, 0) is 89.6 Å². The van der Waals surface area contributed by atoms with Crippen LogP contribution >= 0.6 is 0 Å². The molecule has 2 radical (unpaired) electrons. The van der Waals surface area contributed by atoms with E-state index in [2.05, 4.69) is 17.7 Å². The number of aliphatic hydroxyl groups is 2. The predicted molar refractivity (Wildman–Crippen MR) is 100 cm³/mol. The van der Waals surface area contributed by atoms with Crippen LogP contribution in [0.5, 0.6) is 0 Å². The number of aliphatic hydroxyl groups excluding tert-OH is 2. The largest absolute Gasteiger partial charge is 0.396 e. The molecule has 0 amide bonds. The molecule has 0 aromatic rings. The van der Waals surface area contributed by atoms with Crippen LogP contribution in [0.1, 0.15) is 47.0 Å². The molecule has 0 saturated heterocycles. The quantitative estimate of drug-likeness (QED) is 0.0867. The van der Waals surface area contributed by atoms with Crippen LogP contribution in [0.2, 0.25) is 0 Å². The van der Waals surface area contributed by atoms with Crippen molar-refractivity contribution in [1.29, 1.82) is 0 Å². The average molecular weight is 572 g/mol. The number of unbranched alkanes of at least 4 members (excludes halogenated alkanes) is 1. The smallest absolute Gasteiger partial charge is 0.325 e. The maximum atomic E-state index is 12.0. The number of hydrogen-bond donors (Lipinski definition) is 4. The van der Waals surface area contributed by atoms with Crippen LogP contribution < -0.4 is 10.8 Å². The third-order valence-electron chi connectivity index (χ3n) is 3.88. The number of hydrogen-bond acceptors (Lipinski definition) is 9. The summed E-state index contributed by atoms with van der Waals surface area (Å²) in [4.78, 5) is 27.1. The molecule has 11 heteroatoms. The minimum absolute atomic E-state index is 0. The van der Waals surface area contributed by atoms with Gasteiger partial charge in [-0.15, -0.1) is 0 Å². The first-order valence-electron chi connectivity index (χ1n) is 9.56. The van der Waals surface area contributed by atoms with E-state index in [4.69, 9.17) is 24.5 Å². The molecular weight excluding hydrogens is 534 g/mol. The molecule has 0 aromatic heterocycles. The first kappa shape index (κ1) is 35.0. The number of ether oxygens (including phenoxy) is 1. The Bertz CT molecular complexity index is 375. The molecule has 9 nitrogen and oxygen atoms in total. The number of nitrogens with one attached hydrogen (secondary N) is 2. The standard InChI is InChI=1S/C18H38N2O7.2Y/c1-5-6-7-20-27-16(23)12-15(13-22)17(18(2,3)4)19-14-26-25-11-10-24-9-8-21;;/h15,17,19-22H,5-14H2,1-4H3;;. The Morgan fingerprint density at radius 2 is 1.76 bits per heavy atom. The molecule has 0 fully saturated rings. The van der Waals surface area contributed by atoms with Crippen LogP contribution in [-0.4, -0.2) is 68.5 Å². The van der Waals surface area contributed by atoms with Crippen molar-refractivity contribution in [3.8, 4) is 0 Å². The molecule has 0 aromatic carbocycles. The van der Waals surface area contributed by atoms with E-state index in [1.165, 1.54) is 0 Å². The van der Waals surface area contributed by atoms with Crippen molar-refractivity contribution < 1.29 is 99.8 Å². The monoisotopic (exact) mass is 572 g/mol. The van der Waals surface area contributed by atoms with Gasteiger partial charge in [-0.25, -0.2) is 9.78 Å². The maximum Gasteiger partial charge on any atom is 0.325 e. The Morgan fingerprint density at radius 1 is 1.07 bits per heavy atom. The Morgan fingerprint density at radius 3 is 2.31 bits per heavy atom. The fraction of sp³-hybridized carbons (Fsp3) is 0.944. The average Bonchev–Trinajstić information content (AvgIpc) is 2.61. The fourth-order valence-corrected chi connectivity index (χ4v) is 2.59. The van der Waals surface area contributed by atoms with Gasteiger partial charge in [0.2, 0.25) is 0 Å². The van der Waals surface area contributed by atoms with E-state index in [1.807, 2.05) is 20.8 Å². The first-order valence-corrected chi connectivity index (χ1v) is 9.56. The third-order valence-corrected chi connectivity index (χ3v) is 3.88. The number of rotatable bonds is 17. The van der Waals surface area contributed by atoms with E-state index < -0.39 is 5.97 Å². The Hall–Kier alpha value is 1.40. The fourth-order valence-electron chi connectivity index (χ4n) is 2.59. The van der Waals surface area contributed by atoms with Gasteiger partial charge >= 0.3 is 5.97 Å². The SMILES string of the molecule is CCCCNOC(=O)CC(CO)C(NCOOCCOCCO)C(C)(C)C.[Y].[Y]. The molecule has 2 unspecified atom stereocenters. The summed E-state index contributed by atoms with van der Waals surface area (Å²) >= 11 is 0. The van der Waals surface area contributed by atoms with Gasteiger partial charge in [-0.2, -0.15) is 5.48 Å². The Kier molecular flexibility index (Phi) is 27.3. The van der Waals surface area contributed by atoms with Crippen molar-refractivity contribution in [1.82, 2.24) is 10.8 Å². The topological polar surface area (TPSA) is 119 Å². The van der Waals surface area contributed by atoms with E-state index in [0.29, 0.717) is 13.2 Å². The molecule has 0 heterocycles. The van der Waals surface area contributed by atoms with Crippen molar-refractivity contribution in [2.45, 2.75) is 53.0 Å². The summed E-state index contributed by atoms with van der Waals surface area (Å²) in [6.45, 7) is 9.44. The third kappa shape index (κ3) is 19.8. The van der Waals surface area contributed by atoms with Crippen LogP contribution in [0.3, 0.4) is 0 Å². The zero-order valence-corrected chi connectivity index (χ0v) is 24.0. The number of carbonyl (C=O) groups is 1. The summed E-state index contributed by atoms with van der Waals surface area (Å²) in [6, 6.07) is -0.195. The predicted octanol–water partition coefficient (Wildman–Crippen LogP) is 0.747. The van der Waals surface area contributed by atoms with Gasteiger partial charge in [0.25, 0.3) is 0 Å². The summed E-state index contributed by atoms with van der Waals surface area (Å²) in [5, 5.41) is 21.5. The maximum absolute atomic E-state index is 12.0. The molecule has 0 aliphatic heterocycles. The van der Waals surface area contributed by atoms with Gasteiger partial charge in [0, 0.05) is 90.5 Å². The minimum atomic E-state index is -0.403. The van der Waals surface area contributed by atoms with Gasteiger partial charge in [0.15, 0.2) is 0 Å². The zero-order chi connectivity index (χ0) is 20.5. The summed E-state index contributed by atoms with van der Waals surface area (Å²) in [5.74, 6) is -0.735. The molecular formula is C18H38N2O7Y2. The van der Waals surface area contributed by atoms with Gasteiger partial charge in [-0.3, -0.25) is 10.1 Å². The van der Waals surface area contributed by atoms with E-state index in [1.54, 1.807) is 0 Å². The number of carbonyl (C=O) groups excluding carboxylic acids is 1. The second-order valence-corrected chi connectivity index (χ2v) is 7.34. The molecule has 2 atom stereocenters. The van der Waals surface area contributed by atoms with Crippen molar-refractivity contribution in [3.05, 3.63) is 0 Å². The Balaban J connectivity index is -0.00000338. The second kappa shape index (κ2) is 22.6.